The van der Waals surface area contributed by atoms with Crippen molar-refractivity contribution in [1.82, 2.24) is 0 Å². The zero-order chi connectivity index (χ0) is 14.9. The number of carbonyl (C=O) groups excluding carboxylic acids is 1. The molecule has 5 nitrogen and oxygen atoms in total. The van der Waals surface area contributed by atoms with Gasteiger partial charge in [0.2, 0.25) is 0 Å². The lowest BCUT2D eigenvalue weighted by molar-refractivity contribution is -0.890. The minimum Gasteiger partial charge on any atom is -0.481 e. The molecule has 1 N–H and O–H groups in total. The van der Waals surface area contributed by atoms with E-state index in [1.165, 1.54) is 0 Å². The average molecular weight is 272 g/mol. The fourth-order valence-electron chi connectivity index (χ4n) is 1.70. The van der Waals surface area contributed by atoms with Crippen LogP contribution in [-0.4, -0.2) is 55.3 Å². The van der Waals surface area contributed by atoms with E-state index in [-0.39, 0.29) is 12.4 Å². The Morgan fingerprint density at radius 2 is 1.74 bits per heavy atom. The molecule has 0 aromatic heterocycles. The molecular formula is C14H26NO4+. The minimum atomic E-state index is -0.744. The molecule has 0 aromatic rings. The van der Waals surface area contributed by atoms with Crippen LogP contribution in [0.2, 0.25) is 0 Å². The van der Waals surface area contributed by atoms with Crippen molar-refractivity contribution in [2.24, 2.45) is 0 Å². The zero-order valence-corrected chi connectivity index (χ0v) is 12.3. The Balaban J connectivity index is 3.66. The van der Waals surface area contributed by atoms with E-state index >= 15 is 0 Å². The summed E-state index contributed by atoms with van der Waals surface area (Å²) in [6.45, 7) is 7.36. The SMILES string of the molecule is C=C(C)C(=O)OCCCC[N+](C)(C)CCCC(=O)O. The summed E-state index contributed by atoms with van der Waals surface area (Å²) in [5.74, 6) is -1.08. The molecule has 0 amide bonds. The van der Waals surface area contributed by atoms with Gasteiger partial charge in [0.05, 0.1) is 40.2 Å². The van der Waals surface area contributed by atoms with Crippen LogP contribution in [0.3, 0.4) is 0 Å². The molecule has 0 atom stereocenters. The first-order chi connectivity index (χ1) is 8.74. The third kappa shape index (κ3) is 10.3. The summed E-state index contributed by atoms with van der Waals surface area (Å²) < 4.78 is 5.80. The molecule has 0 aliphatic carbocycles. The number of rotatable bonds is 10. The lowest BCUT2D eigenvalue weighted by Crippen LogP contribution is -2.41. The molecule has 0 rings (SSSR count). The number of ether oxygens (including phenoxy) is 1. The summed E-state index contributed by atoms with van der Waals surface area (Å²) >= 11 is 0. The second-order valence-corrected chi connectivity index (χ2v) is 5.50. The number of hydrogen-bond acceptors (Lipinski definition) is 3. The predicted octanol–water partition coefficient (Wildman–Crippen LogP) is 1.83. The first-order valence-corrected chi connectivity index (χ1v) is 6.61. The number of carboxylic acids is 1. The van der Waals surface area contributed by atoms with Gasteiger partial charge in [-0.25, -0.2) is 4.79 Å². The monoisotopic (exact) mass is 272 g/mol. The Morgan fingerprint density at radius 1 is 1.16 bits per heavy atom. The summed E-state index contributed by atoms with van der Waals surface area (Å²) in [7, 11) is 4.17. The number of aliphatic carboxylic acids is 1. The van der Waals surface area contributed by atoms with E-state index in [1.54, 1.807) is 6.92 Å². The molecule has 0 saturated carbocycles. The fourth-order valence-corrected chi connectivity index (χ4v) is 1.70. The van der Waals surface area contributed by atoms with Crippen molar-refractivity contribution in [3.8, 4) is 0 Å². The standard InChI is InChI=1S/C14H25NO4/c1-12(2)14(18)19-11-6-5-9-15(3,4)10-7-8-13(16)17/h1,5-11H2,2-4H3/p+1. The van der Waals surface area contributed by atoms with Crippen LogP contribution in [0.25, 0.3) is 0 Å². The van der Waals surface area contributed by atoms with E-state index in [1.807, 2.05) is 0 Å². The van der Waals surface area contributed by atoms with Crippen molar-refractivity contribution in [2.75, 3.05) is 33.8 Å². The van der Waals surface area contributed by atoms with Crippen LogP contribution < -0.4 is 0 Å². The Hall–Kier alpha value is -1.36. The second-order valence-electron chi connectivity index (χ2n) is 5.50. The Bertz CT molecular complexity index is 323. The summed E-state index contributed by atoms with van der Waals surface area (Å²) in [5, 5.41) is 8.59. The molecule has 0 spiro atoms. The van der Waals surface area contributed by atoms with Gasteiger partial charge in [-0.1, -0.05) is 6.58 Å². The smallest absolute Gasteiger partial charge is 0.333 e. The van der Waals surface area contributed by atoms with Crippen molar-refractivity contribution < 1.29 is 23.9 Å². The van der Waals surface area contributed by atoms with E-state index in [2.05, 4.69) is 20.7 Å². The third-order valence-corrected chi connectivity index (χ3v) is 2.89. The zero-order valence-electron chi connectivity index (χ0n) is 12.3. The molecule has 0 saturated heterocycles. The van der Waals surface area contributed by atoms with Gasteiger partial charge in [0.15, 0.2) is 0 Å². The topological polar surface area (TPSA) is 63.6 Å². The number of quaternary nitrogens is 1. The summed E-state index contributed by atoms with van der Waals surface area (Å²) in [5.41, 5.74) is 0.421. The number of esters is 1. The molecule has 0 aliphatic heterocycles. The number of hydrogen-bond donors (Lipinski definition) is 1. The molecule has 0 fully saturated rings. The van der Waals surface area contributed by atoms with Gasteiger partial charge in [-0.2, -0.15) is 0 Å². The van der Waals surface area contributed by atoms with Gasteiger partial charge in [0.1, 0.15) is 0 Å². The highest BCUT2D eigenvalue weighted by Crippen LogP contribution is 2.05. The van der Waals surface area contributed by atoms with Crippen LogP contribution in [0.15, 0.2) is 12.2 Å². The molecule has 0 bridgehead atoms. The summed E-state index contributed by atoms with van der Waals surface area (Å²) in [6, 6.07) is 0. The first kappa shape index (κ1) is 17.6. The minimum absolute atomic E-state index is 0.220. The number of carbonyl (C=O) groups is 2. The molecule has 0 aromatic carbocycles. The lowest BCUT2D eigenvalue weighted by Gasteiger charge is -2.29. The third-order valence-electron chi connectivity index (χ3n) is 2.89. The van der Waals surface area contributed by atoms with Crippen molar-refractivity contribution in [1.29, 1.82) is 0 Å². The van der Waals surface area contributed by atoms with Gasteiger partial charge in [-0.05, 0) is 19.8 Å². The van der Waals surface area contributed by atoms with Crippen LogP contribution in [-0.2, 0) is 14.3 Å². The molecule has 0 unspecified atom stereocenters. The van der Waals surface area contributed by atoms with E-state index in [0.29, 0.717) is 18.6 Å². The lowest BCUT2D eigenvalue weighted by atomic mass is 10.2. The molecule has 0 heterocycles. The largest absolute Gasteiger partial charge is 0.481 e. The van der Waals surface area contributed by atoms with Crippen molar-refractivity contribution in [3.05, 3.63) is 12.2 Å². The molecular weight excluding hydrogens is 246 g/mol. The Morgan fingerprint density at radius 3 is 2.26 bits per heavy atom. The molecule has 110 valence electrons. The van der Waals surface area contributed by atoms with Gasteiger partial charge in [-0.15, -0.1) is 0 Å². The highest BCUT2D eigenvalue weighted by atomic mass is 16.5. The molecule has 0 radical (unpaired) electrons. The van der Waals surface area contributed by atoms with E-state index in [9.17, 15) is 9.59 Å². The highest BCUT2D eigenvalue weighted by Gasteiger charge is 2.15. The van der Waals surface area contributed by atoms with E-state index in [4.69, 9.17) is 9.84 Å². The van der Waals surface area contributed by atoms with Crippen molar-refractivity contribution >= 4 is 11.9 Å². The molecule has 0 aliphatic rings. The van der Waals surface area contributed by atoms with E-state index < -0.39 is 5.97 Å². The van der Waals surface area contributed by atoms with E-state index in [0.717, 1.165) is 30.4 Å². The molecule has 19 heavy (non-hydrogen) atoms. The van der Waals surface area contributed by atoms with Gasteiger partial charge in [0.25, 0.3) is 0 Å². The highest BCUT2D eigenvalue weighted by molar-refractivity contribution is 5.86. The van der Waals surface area contributed by atoms with Crippen LogP contribution in [0.4, 0.5) is 0 Å². The molecule has 5 heteroatoms. The van der Waals surface area contributed by atoms with Crippen molar-refractivity contribution in [2.45, 2.75) is 32.6 Å². The Labute approximate surface area is 115 Å². The Kier molecular flexibility index (Phi) is 8.07. The van der Waals surface area contributed by atoms with Crippen LogP contribution in [0.1, 0.15) is 32.6 Å². The maximum Gasteiger partial charge on any atom is 0.333 e. The summed E-state index contributed by atoms with van der Waals surface area (Å²) in [4.78, 5) is 21.6. The number of unbranched alkanes of at least 4 members (excludes halogenated alkanes) is 1. The number of nitrogens with zero attached hydrogens (tertiary/aromatic N) is 1. The van der Waals surface area contributed by atoms with Crippen molar-refractivity contribution in [3.63, 3.8) is 0 Å². The summed E-state index contributed by atoms with van der Waals surface area (Å²) in [6.07, 6.45) is 2.67. The number of carboxylic acid groups (broad SMARTS) is 1. The quantitative estimate of drug-likeness (QED) is 0.285. The van der Waals surface area contributed by atoms with Crippen LogP contribution in [0, 0.1) is 0 Å². The maximum atomic E-state index is 11.1. The van der Waals surface area contributed by atoms with Crippen LogP contribution in [0.5, 0.6) is 0 Å². The average Bonchev–Trinajstić information content (AvgIpc) is 2.27. The van der Waals surface area contributed by atoms with Gasteiger partial charge >= 0.3 is 11.9 Å². The van der Waals surface area contributed by atoms with Gasteiger partial charge in [0, 0.05) is 12.0 Å². The predicted molar refractivity (Wildman–Crippen MR) is 73.7 cm³/mol. The maximum absolute atomic E-state index is 11.1. The van der Waals surface area contributed by atoms with Gasteiger partial charge < -0.3 is 14.3 Å². The first-order valence-electron chi connectivity index (χ1n) is 6.61. The fraction of sp³-hybridized carbons (Fsp3) is 0.714. The van der Waals surface area contributed by atoms with Crippen LogP contribution >= 0.6 is 0 Å². The normalized spacial score (nSPS) is 11.1. The van der Waals surface area contributed by atoms with Gasteiger partial charge in [-0.3, -0.25) is 4.79 Å². The second kappa shape index (κ2) is 8.69.